The van der Waals surface area contributed by atoms with Crippen LogP contribution in [0.5, 0.6) is 0 Å². The molecule has 22 heavy (non-hydrogen) atoms. The second kappa shape index (κ2) is 11.8. The molecule has 0 amide bonds. The van der Waals surface area contributed by atoms with Crippen LogP contribution in [0.4, 0.5) is 0 Å². The van der Waals surface area contributed by atoms with Crippen LogP contribution in [-0.2, 0) is 0 Å². The molecule has 0 saturated carbocycles. The molecule has 124 valence electrons. The summed E-state index contributed by atoms with van der Waals surface area (Å²) in [4.78, 5) is 1.47. The Morgan fingerprint density at radius 2 is 1.91 bits per heavy atom. The second-order valence-corrected chi connectivity index (χ2v) is 7.09. The molecule has 0 aliphatic carbocycles. The maximum Gasteiger partial charge on any atom is 0.0437 e. The lowest BCUT2D eigenvalue weighted by Crippen LogP contribution is -2.13. The molecular formula is C20H32OS. The predicted molar refractivity (Wildman–Crippen MR) is 100 cm³/mol. The molecule has 0 spiro atoms. The van der Waals surface area contributed by atoms with Gasteiger partial charge in [-0.05, 0) is 47.8 Å². The van der Waals surface area contributed by atoms with Crippen LogP contribution in [0.1, 0.15) is 64.4 Å². The van der Waals surface area contributed by atoms with Gasteiger partial charge in [-0.2, -0.15) is 0 Å². The SMILES string of the molecule is C/C=C(\SCCCCCC)[C@H](C)[C@@H](CCO)c1ccccc1. The fourth-order valence-corrected chi connectivity index (χ4v) is 4.12. The Labute approximate surface area is 141 Å². The number of aliphatic hydroxyl groups is 1. The zero-order valence-corrected chi connectivity index (χ0v) is 15.2. The molecule has 0 fully saturated rings. The summed E-state index contributed by atoms with van der Waals surface area (Å²) >= 11 is 2.01. The Balaban J connectivity index is 2.64. The third-order valence-corrected chi connectivity index (χ3v) is 5.70. The first-order valence-electron chi connectivity index (χ1n) is 8.69. The molecule has 0 heterocycles. The number of benzene rings is 1. The summed E-state index contributed by atoms with van der Waals surface area (Å²) in [6, 6.07) is 10.6. The fraction of sp³-hybridized carbons (Fsp3) is 0.600. The highest BCUT2D eigenvalue weighted by molar-refractivity contribution is 8.03. The van der Waals surface area contributed by atoms with Gasteiger partial charge >= 0.3 is 0 Å². The highest BCUT2D eigenvalue weighted by atomic mass is 32.2. The zero-order chi connectivity index (χ0) is 16.2. The van der Waals surface area contributed by atoms with Gasteiger partial charge in [0.2, 0.25) is 0 Å². The van der Waals surface area contributed by atoms with Gasteiger partial charge < -0.3 is 5.11 Å². The van der Waals surface area contributed by atoms with Gasteiger partial charge in [0.05, 0.1) is 0 Å². The highest BCUT2D eigenvalue weighted by Gasteiger charge is 2.22. The predicted octanol–water partition coefficient (Wildman–Crippen LogP) is 6.01. The molecule has 1 aromatic carbocycles. The van der Waals surface area contributed by atoms with Crippen molar-refractivity contribution in [3.63, 3.8) is 0 Å². The number of hydrogen-bond donors (Lipinski definition) is 1. The van der Waals surface area contributed by atoms with Gasteiger partial charge in [0.15, 0.2) is 0 Å². The standard InChI is InChI=1S/C20H32OS/c1-4-6-7-11-16-22-20(5-2)17(3)19(14-15-21)18-12-9-8-10-13-18/h5,8-10,12-13,17,19,21H,4,6-7,11,14-16H2,1-3H3/b20-5-/t17-,19-/m1/s1. The molecule has 1 nitrogen and oxygen atoms in total. The smallest absolute Gasteiger partial charge is 0.0437 e. The van der Waals surface area contributed by atoms with E-state index in [-0.39, 0.29) is 6.61 Å². The molecule has 0 radical (unpaired) electrons. The number of rotatable bonds is 11. The van der Waals surface area contributed by atoms with Crippen LogP contribution in [0.3, 0.4) is 0 Å². The molecule has 0 saturated heterocycles. The van der Waals surface area contributed by atoms with Gasteiger partial charge in [-0.15, -0.1) is 11.8 Å². The number of hydrogen-bond acceptors (Lipinski definition) is 2. The number of allylic oxidation sites excluding steroid dienone is 2. The van der Waals surface area contributed by atoms with Gasteiger partial charge in [-0.1, -0.05) is 69.5 Å². The highest BCUT2D eigenvalue weighted by Crippen LogP contribution is 2.37. The Hall–Kier alpha value is -0.730. The molecule has 0 aliphatic heterocycles. The van der Waals surface area contributed by atoms with Crippen molar-refractivity contribution in [2.24, 2.45) is 5.92 Å². The van der Waals surface area contributed by atoms with E-state index < -0.39 is 0 Å². The summed E-state index contributed by atoms with van der Waals surface area (Å²) in [5, 5.41) is 9.45. The topological polar surface area (TPSA) is 20.2 Å². The van der Waals surface area contributed by atoms with Crippen LogP contribution in [0.2, 0.25) is 0 Å². The van der Waals surface area contributed by atoms with E-state index in [0.29, 0.717) is 11.8 Å². The molecule has 0 unspecified atom stereocenters. The lowest BCUT2D eigenvalue weighted by atomic mass is 9.84. The van der Waals surface area contributed by atoms with Crippen LogP contribution >= 0.6 is 11.8 Å². The van der Waals surface area contributed by atoms with Crippen LogP contribution < -0.4 is 0 Å². The van der Waals surface area contributed by atoms with Crippen LogP contribution in [0.25, 0.3) is 0 Å². The van der Waals surface area contributed by atoms with E-state index in [0.717, 1.165) is 6.42 Å². The molecule has 1 aromatic rings. The van der Waals surface area contributed by atoms with E-state index in [1.165, 1.54) is 41.9 Å². The number of unbranched alkanes of at least 4 members (excludes halogenated alkanes) is 3. The molecule has 0 aliphatic rings. The average molecular weight is 321 g/mol. The Morgan fingerprint density at radius 3 is 2.50 bits per heavy atom. The third-order valence-electron chi connectivity index (χ3n) is 4.27. The first kappa shape index (κ1) is 19.3. The van der Waals surface area contributed by atoms with Crippen molar-refractivity contribution in [1.29, 1.82) is 0 Å². The van der Waals surface area contributed by atoms with E-state index in [2.05, 4.69) is 57.2 Å². The van der Waals surface area contributed by atoms with Gasteiger partial charge in [-0.3, -0.25) is 0 Å². The molecule has 1 rings (SSSR count). The van der Waals surface area contributed by atoms with Crippen molar-refractivity contribution in [3.8, 4) is 0 Å². The van der Waals surface area contributed by atoms with Gasteiger partial charge in [0.1, 0.15) is 0 Å². The molecule has 0 aromatic heterocycles. The van der Waals surface area contributed by atoms with E-state index in [1.807, 2.05) is 11.8 Å². The Morgan fingerprint density at radius 1 is 1.18 bits per heavy atom. The van der Waals surface area contributed by atoms with Crippen molar-refractivity contribution >= 4 is 11.8 Å². The molecule has 0 bridgehead atoms. The van der Waals surface area contributed by atoms with Gasteiger partial charge in [-0.25, -0.2) is 0 Å². The number of aliphatic hydroxyl groups excluding tert-OH is 1. The average Bonchev–Trinajstić information content (AvgIpc) is 2.56. The summed E-state index contributed by atoms with van der Waals surface area (Å²) in [6.45, 7) is 6.96. The molecule has 2 heteroatoms. The molecular weight excluding hydrogens is 288 g/mol. The van der Waals surface area contributed by atoms with Gasteiger partial charge in [0, 0.05) is 6.61 Å². The largest absolute Gasteiger partial charge is 0.396 e. The van der Waals surface area contributed by atoms with Crippen LogP contribution in [0.15, 0.2) is 41.3 Å². The second-order valence-electron chi connectivity index (χ2n) is 5.92. The normalized spacial score (nSPS) is 14.8. The van der Waals surface area contributed by atoms with Crippen molar-refractivity contribution in [3.05, 3.63) is 46.9 Å². The monoisotopic (exact) mass is 320 g/mol. The van der Waals surface area contributed by atoms with Crippen molar-refractivity contribution in [1.82, 2.24) is 0 Å². The third kappa shape index (κ3) is 6.58. The first-order chi connectivity index (χ1) is 10.7. The Bertz CT molecular complexity index is 413. The van der Waals surface area contributed by atoms with Crippen molar-refractivity contribution < 1.29 is 5.11 Å². The van der Waals surface area contributed by atoms with Crippen LogP contribution in [-0.4, -0.2) is 17.5 Å². The van der Waals surface area contributed by atoms with E-state index in [4.69, 9.17) is 0 Å². The van der Waals surface area contributed by atoms with Crippen LogP contribution in [0, 0.1) is 5.92 Å². The lowest BCUT2D eigenvalue weighted by molar-refractivity contribution is 0.265. The van der Waals surface area contributed by atoms with Gasteiger partial charge in [0.25, 0.3) is 0 Å². The van der Waals surface area contributed by atoms with Crippen molar-refractivity contribution in [2.75, 3.05) is 12.4 Å². The summed E-state index contributed by atoms with van der Waals surface area (Å²) in [6.07, 6.45) is 8.39. The minimum Gasteiger partial charge on any atom is -0.396 e. The van der Waals surface area contributed by atoms with E-state index in [1.54, 1.807) is 0 Å². The quantitative estimate of drug-likeness (QED) is 0.504. The summed E-state index contributed by atoms with van der Waals surface area (Å²) in [5.74, 6) is 2.08. The summed E-state index contributed by atoms with van der Waals surface area (Å²) in [7, 11) is 0. The zero-order valence-electron chi connectivity index (χ0n) is 14.4. The summed E-state index contributed by atoms with van der Waals surface area (Å²) in [5.41, 5.74) is 1.34. The maximum atomic E-state index is 9.45. The number of thioether (sulfide) groups is 1. The van der Waals surface area contributed by atoms with E-state index >= 15 is 0 Å². The molecule has 1 N–H and O–H groups in total. The fourth-order valence-electron chi connectivity index (χ4n) is 2.94. The minimum absolute atomic E-state index is 0.252. The van der Waals surface area contributed by atoms with Crippen molar-refractivity contribution in [2.45, 2.75) is 58.8 Å². The van der Waals surface area contributed by atoms with E-state index in [9.17, 15) is 5.11 Å². The first-order valence-corrected chi connectivity index (χ1v) is 9.67. The Kier molecular flexibility index (Phi) is 10.3. The molecule has 2 atom stereocenters. The summed E-state index contributed by atoms with van der Waals surface area (Å²) < 4.78 is 0. The maximum absolute atomic E-state index is 9.45. The lowest BCUT2D eigenvalue weighted by Gasteiger charge is -2.26. The minimum atomic E-state index is 0.252.